The average molecular weight is 213 g/mol. The number of methoxy groups -OCH3 is 1. The van der Waals surface area contributed by atoms with Crippen molar-refractivity contribution < 1.29 is 4.74 Å². The van der Waals surface area contributed by atoms with Crippen LogP contribution in [0.3, 0.4) is 0 Å². The minimum absolute atomic E-state index is 0.303. The topological polar surface area (TPSA) is 51.4 Å². The summed E-state index contributed by atoms with van der Waals surface area (Å²) in [6.45, 7) is 2.02. The lowest BCUT2D eigenvalue weighted by Crippen LogP contribution is -2.42. The van der Waals surface area contributed by atoms with Crippen molar-refractivity contribution in [3.05, 3.63) is 6.07 Å². The Labute approximate surface area is 87.8 Å². The standard InChI is InChI=1S/C9H15N3OS/c1-13-8-5-9(14-11-8)12-4-2-3-7(10)6-12/h5,7H,2-4,6,10H2,1H3. The first kappa shape index (κ1) is 9.73. The van der Waals surface area contributed by atoms with Crippen molar-refractivity contribution in [3.8, 4) is 5.88 Å². The van der Waals surface area contributed by atoms with Crippen molar-refractivity contribution in [2.45, 2.75) is 18.9 Å². The van der Waals surface area contributed by atoms with E-state index in [1.807, 2.05) is 6.07 Å². The molecular formula is C9H15N3OS. The van der Waals surface area contributed by atoms with E-state index < -0.39 is 0 Å². The van der Waals surface area contributed by atoms with Crippen molar-refractivity contribution in [1.82, 2.24) is 4.37 Å². The van der Waals surface area contributed by atoms with E-state index in [0.29, 0.717) is 11.9 Å². The zero-order chi connectivity index (χ0) is 9.97. The number of hydrogen-bond donors (Lipinski definition) is 1. The molecule has 1 atom stereocenters. The highest BCUT2D eigenvalue weighted by Gasteiger charge is 2.18. The molecule has 14 heavy (non-hydrogen) atoms. The van der Waals surface area contributed by atoms with Gasteiger partial charge >= 0.3 is 0 Å². The monoisotopic (exact) mass is 213 g/mol. The Hall–Kier alpha value is -0.810. The lowest BCUT2D eigenvalue weighted by Gasteiger charge is -2.30. The molecule has 0 radical (unpaired) electrons. The van der Waals surface area contributed by atoms with Crippen LogP contribution in [0, 0.1) is 0 Å². The van der Waals surface area contributed by atoms with E-state index in [0.717, 1.165) is 24.5 Å². The van der Waals surface area contributed by atoms with Gasteiger partial charge in [-0.3, -0.25) is 0 Å². The zero-order valence-electron chi connectivity index (χ0n) is 8.27. The molecule has 1 unspecified atom stereocenters. The Kier molecular flexibility index (Phi) is 2.88. The summed E-state index contributed by atoms with van der Waals surface area (Å²) in [7, 11) is 1.64. The van der Waals surface area contributed by atoms with Crippen molar-refractivity contribution in [2.75, 3.05) is 25.1 Å². The molecule has 2 rings (SSSR count). The highest BCUT2D eigenvalue weighted by atomic mass is 32.1. The lowest BCUT2D eigenvalue weighted by atomic mass is 10.1. The molecule has 2 heterocycles. The first-order chi connectivity index (χ1) is 6.79. The number of hydrogen-bond acceptors (Lipinski definition) is 5. The number of anilines is 1. The number of rotatable bonds is 2. The summed E-state index contributed by atoms with van der Waals surface area (Å²) in [6.07, 6.45) is 2.30. The van der Waals surface area contributed by atoms with E-state index in [2.05, 4.69) is 9.27 Å². The van der Waals surface area contributed by atoms with E-state index >= 15 is 0 Å². The molecule has 1 saturated heterocycles. The van der Waals surface area contributed by atoms with Gasteiger partial charge < -0.3 is 15.4 Å². The van der Waals surface area contributed by atoms with Gasteiger partial charge in [-0.25, -0.2) is 0 Å². The van der Waals surface area contributed by atoms with Crippen LogP contribution in [0.15, 0.2) is 6.07 Å². The number of aromatic nitrogens is 1. The van der Waals surface area contributed by atoms with E-state index in [1.165, 1.54) is 18.0 Å². The molecule has 1 aromatic heterocycles. The first-order valence-electron chi connectivity index (χ1n) is 4.81. The maximum Gasteiger partial charge on any atom is 0.227 e. The van der Waals surface area contributed by atoms with Gasteiger partial charge in [0.15, 0.2) is 0 Å². The first-order valence-corrected chi connectivity index (χ1v) is 5.58. The van der Waals surface area contributed by atoms with Crippen LogP contribution >= 0.6 is 11.5 Å². The molecule has 0 amide bonds. The van der Waals surface area contributed by atoms with Gasteiger partial charge in [0.1, 0.15) is 5.00 Å². The minimum atomic E-state index is 0.303. The summed E-state index contributed by atoms with van der Waals surface area (Å²) < 4.78 is 9.23. The normalized spacial score (nSPS) is 22.4. The van der Waals surface area contributed by atoms with Crippen molar-refractivity contribution in [2.24, 2.45) is 5.73 Å². The number of nitrogens with two attached hydrogens (primary N) is 1. The molecular weight excluding hydrogens is 198 g/mol. The second-order valence-corrected chi connectivity index (χ2v) is 4.34. The molecule has 1 aliphatic rings. The van der Waals surface area contributed by atoms with Gasteiger partial charge in [0.05, 0.1) is 7.11 Å². The van der Waals surface area contributed by atoms with Gasteiger partial charge in [0, 0.05) is 25.2 Å². The molecule has 0 spiro atoms. The van der Waals surface area contributed by atoms with Gasteiger partial charge in [-0.05, 0) is 24.4 Å². The Bertz CT molecular complexity index is 302. The third-order valence-electron chi connectivity index (χ3n) is 2.45. The van der Waals surface area contributed by atoms with Crippen LogP contribution in [0.1, 0.15) is 12.8 Å². The molecule has 1 aromatic rings. The van der Waals surface area contributed by atoms with Gasteiger partial charge in [0.25, 0.3) is 0 Å². The van der Waals surface area contributed by atoms with Crippen LogP contribution in [-0.2, 0) is 0 Å². The second kappa shape index (κ2) is 4.14. The van der Waals surface area contributed by atoms with Crippen molar-refractivity contribution >= 4 is 16.5 Å². The summed E-state index contributed by atoms with van der Waals surface area (Å²) in [5.74, 6) is 0.698. The molecule has 5 heteroatoms. The number of piperidine rings is 1. The molecule has 1 aliphatic heterocycles. The number of ether oxygens (including phenoxy) is 1. The maximum absolute atomic E-state index is 5.91. The van der Waals surface area contributed by atoms with Crippen LogP contribution in [0.25, 0.3) is 0 Å². The van der Waals surface area contributed by atoms with Gasteiger partial charge in [-0.2, -0.15) is 4.37 Å². The summed E-state index contributed by atoms with van der Waals surface area (Å²) in [5.41, 5.74) is 5.91. The van der Waals surface area contributed by atoms with Crippen LogP contribution in [0.2, 0.25) is 0 Å². The van der Waals surface area contributed by atoms with Gasteiger partial charge in [-0.1, -0.05) is 0 Å². The van der Waals surface area contributed by atoms with Crippen LogP contribution in [-0.4, -0.2) is 30.6 Å². The third kappa shape index (κ3) is 1.99. The molecule has 0 aromatic carbocycles. The van der Waals surface area contributed by atoms with Crippen LogP contribution in [0.4, 0.5) is 5.00 Å². The molecule has 0 aliphatic carbocycles. The van der Waals surface area contributed by atoms with Crippen molar-refractivity contribution in [3.63, 3.8) is 0 Å². The fourth-order valence-electron chi connectivity index (χ4n) is 1.71. The fourth-order valence-corrected chi connectivity index (χ4v) is 2.45. The predicted octanol–water partition coefficient (Wildman–Crippen LogP) is 1.08. The Balaban J connectivity index is 2.06. The molecule has 0 bridgehead atoms. The van der Waals surface area contributed by atoms with Gasteiger partial charge in [0.2, 0.25) is 5.88 Å². The highest BCUT2D eigenvalue weighted by molar-refractivity contribution is 7.10. The molecule has 4 nitrogen and oxygen atoms in total. The maximum atomic E-state index is 5.91. The Morgan fingerprint density at radius 2 is 2.57 bits per heavy atom. The fraction of sp³-hybridized carbons (Fsp3) is 0.667. The smallest absolute Gasteiger partial charge is 0.227 e. The molecule has 1 fully saturated rings. The van der Waals surface area contributed by atoms with E-state index in [4.69, 9.17) is 10.5 Å². The summed E-state index contributed by atoms with van der Waals surface area (Å²) in [4.78, 5) is 2.29. The van der Waals surface area contributed by atoms with Crippen molar-refractivity contribution in [1.29, 1.82) is 0 Å². The SMILES string of the molecule is COc1cc(N2CCCC(N)C2)sn1. The molecule has 78 valence electrons. The molecule has 2 N–H and O–H groups in total. The predicted molar refractivity (Wildman–Crippen MR) is 58.1 cm³/mol. The quantitative estimate of drug-likeness (QED) is 0.798. The van der Waals surface area contributed by atoms with E-state index in [-0.39, 0.29) is 0 Å². The second-order valence-electron chi connectivity index (χ2n) is 3.56. The molecule has 0 saturated carbocycles. The Morgan fingerprint density at radius 3 is 3.21 bits per heavy atom. The lowest BCUT2D eigenvalue weighted by molar-refractivity contribution is 0.402. The van der Waals surface area contributed by atoms with Gasteiger partial charge in [-0.15, -0.1) is 0 Å². The van der Waals surface area contributed by atoms with E-state index in [1.54, 1.807) is 7.11 Å². The number of nitrogens with zero attached hydrogens (tertiary/aromatic N) is 2. The van der Waals surface area contributed by atoms with Crippen LogP contribution in [0.5, 0.6) is 5.88 Å². The van der Waals surface area contributed by atoms with Crippen LogP contribution < -0.4 is 15.4 Å². The van der Waals surface area contributed by atoms with E-state index in [9.17, 15) is 0 Å². The highest BCUT2D eigenvalue weighted by Crippen LogP contribution is 2.27. The zero-order valence-corrected chi connectivity index (χ0v) is 9.09. The summed E-state index contributed by atoms with van der Waals surface area (Å²) >= 11 is 1.48. The Morgan fingerprint density at radius 1 is 1.71 bits per heavy atom. The summed E-state index contributed by atoms with van der Waals surface area (Å²) in [5, 5.41) is 1.16. The summed E-state index contributed by atoms with van der Waals surface area (Å²) in [6, 6.07) is 2.28. The third-order valence-corrected chi connectivity index (χ3v) is 3.29. The largest absolute Gasteiger partial charge is 0.480 e. The average Bonchev–Trinajstić information content (AvgIpc) is 2.66. The minimum Gasteiger partial charge on any atom is -0.480 e.